The Bertz CT molecular complexity index is 735. The van der Waals surface area contributed by atoms with E-state index in [9.17, 15) is 9.59 Å². The van der Waals surface area contributed by atoms with Crippen molar-refractivity contribution in [2.75, 3.05) is 7.11 Å². The van der Waals surface area contributed by atoms with Crippen molar-refractivity contribution >= 4 is 11.9 Å². The highest BCUT2D eigenvalue weighted by Crippen LogP contribution is 2.36. The smallest absolute Gasteiger partial charge is 0.337 e. The van der Waals surface area contributed by atoms with E-state index in [4.69, 9.17) is 4.74 Å². The highest BCUT2D eigenvalue weighted by Gasteiger charge is 2.34. The Kier molecular flexibility index (Phi) is 5.17. The number of nitrogens with zero attached hydrogens (tertiary/aromatic N) is 1. The lowest BCUT2D eigenvalue weighted by molar-refractivity contribution is 0.0598. The number of carbonyl (C=O) groups is 2. The average Bonchev–Trinajstić information content (AvgIpc) is 3.50. The summed E-state index contributed by atoms with van der Waals surface area (Å²) in [5.74, 6) is 0.188. The maximum Gasteiger partial charge on any atom is 0.337 e. The van der Waals surface area contributed by atoms with Crippen LogP contribution >= 0.6 is 0 Å². The summed E-state index contributed by atoms with van der Waals surface area (Å²) in [6, 6.07) is 16.9. The first kappa shape index (κ1) is 17.2. The highest BCUT2D eigenvalue weighted by atomic mass is 16.5. The van der Waals surface area contributed by atoms with Crippen molar-refractivity contribution in [3.05, 3.63) is 71.3 Å². The fourth-order valence-electron chi connectivity index (χ4n) is 3.05. The topological polar surface area (TPSA) is 46.6 Å². The zero-order valence-electron chi connectivity index (χ0n) is 14.6. The predicted octanol–water partition coefficient (Wildman–Crippen LogP) is 3.91. The van der Waals surface area contributed by atoms with Gasteiger partial charge >= 0.3 is 5.97 Å². The zero-order valence-corrected chi connectivity index (χ0v) is 14.6. The van der Waals surface area contributed by atoms with Crippen LogP contribution in [-0.4, -0.2) is 29.9 Å². The number of ether oxygens (including phenoxy) is 1. The Labute approximate surface area is 148 Å². The van der Waals surface area contributed by atoms with Gasteiger partial charge in [0.25, 0.3) is 5.91 Å². The Hall–Kier alpha value is -2.62. The zero-order chi connectivity index (χ0) is 17.8. The van der Waals surface area contributed by atoms with Crippen LogP contribution in [0.5, 0.6) is 0 Å². The summed E-state index contributed by atoms with van der Waals surface area (Å²) < 4.78 is 4.71. The standard InChI is InChI=1S/C21H23NO3/c1-15(17-8-9-17)22(14-16-6-4-3-5-7-16)20(23)18-10-12-19(13-11-18)21(24)25-2/h3-7,10-13,15,17H,8-9,14H2,1-2H3. The number of hydrogen-bond donors (Lipinski definition) is 0. The molecule has 3 rings (SSSR count). The highest BCUT2D eigenvalue weighted by molar-refractivity contribution is 5.96. The van der Waals surface area contributed by atoms with Crippen LogP contribution in [0.2, 0.25) is 0 Å². The molecule has 1 fully saturated rings. The summed E-state index contributed by atoms with van der Waals surface area (Å²) in [6.07, 6.45) is 2.36. The number of hydrogen-bond acceptors (Lipinski definition) is 3. The molecule has 0 aromatic heterocycles. The van der Waals surface area contributed by atoms with Crippen LogP contribution in [-0.2, 0) is 11.3 Å². The van der Waals surface area contributed by atoms with Crippen LogP contribution in [0.3, 0.4) is 0 Å². The first-order valence-electron chi connectivity index (χ1n) is 8.63. The van der Waals surface area contributed by atoms with Crippen molar-refractivity contribution in [1.29, 1.82) is 0 Å². The number of esters is 1. The van der Waals surface area contributed by atoms with Crippen LogP contribution in [0, 0.1) is 5.92 Å². The molecule has 0 saturated heterocycles. The molecule has 2 aromatic carbocycles. The van der Waals surface area contributed by atoms with E-state index in [0.29, 0.717) is 23.6 Å². The maximum atomic E-state index is 13.1. The molecule has 4 heteroatoms. The minimum absolute atomic E-state index is 0.000307. The van der Waals surface area contributed by atoms with Crippen LogP contribution < -0.4 is 0 Å². The molecule has 130 valence electrons. The van der Waals surface area contributed by atoms with E-state index >= 15 is 0 Å². The molecular formula is C21H23NO3. The second kappa shape index (κ2) is 7.51. The van der Waals surface area contributed by atoms with Crippen molar-refractivity contribution in [2.45, 2.75) is 32.4 Å². The third kappa shape index (κ3) is 4.08. The van der Waals surface area contributed by atoms with E-state index in [1.54, 1.807) is 24.3 Å². The van der Waals surface area contributed by atoms with Crippen molar-refractivity contribution in [1.82, 2.24) is 4.90 Å². The van der Waals surface area contributed by atoms with Gasteiger partial charge in [-0.1, -0.05) is 30.3 Å². The van der Waals surface area contributed by atoms with Gasteiger partial charge in [-0.3, -0.25) is 4.79 Å². The summed E-state index contributed by atoms with van der Waals surface area (Å²) in [4.78, 5) is 26.6. The molecule has 0 spiro atoms. The van der Waals surface area contributed by atoms with Crippen molar-refractivity contribution in [3.63, 3.8) is 0 Å². The van der Waals surface area contributed by atoms with Crippen LogP contribution in [0.4, 0.5) is 0 Å². The Balaban J connectivity index is 1.82. The lowest BCUT2D eigenvalue weighted by Crippen LogP contribution is -2.39. The van der Waals surface area contributed by atoms with Gasteiger partial charge < -0.3 is 9.64 Å². The van der Waals surface area contributed by atoms with Crippen LogP contribution in [0.25, 0.3) is 0 Å². The fourth-order valence-corrected chi connectivity index (χ4v) is 3.05. The summed E-state index contributed by atoms with van der Waals surface area (Å²) in [5.41, 5.74) is 2.16. The minimum atomic E-state index is -0.397. The summed E-state index contributed by atoms with van der Waals surface area (Å²) in [6.45, 7) is 2.72. The quantitative estimate of drug-likeness (QED) is 0.751. The van der Waals surface area contributed by atoms with Gasteiger partial charge in [0.2, 0.25) is 0 Å². The number of rotatable bonds is 6. The Morgan fingerprint density at radius 3 is 2.20 bits per heavy atom. The van der Waals surface area contributed by atoms with Gasteiger partial charge in [0, 0.05) is 18.2 Å². The lowest BCUT2D eigenvalue weighted by Gasteiger charge is -2.30. The number of benzene rings is 2. The molecule has 4 nitrogen and oxygen atoms in total. The van der Waals surface area contributed by atoms with E-state index in [2.05, 4.69) is 6.92 Å². The average molecular weight is 337 g/mol. The van der Waals surface area contributed by atoms with Gasteiger partial charge in [0.1, 0.15) is 0 Å². The van der Waals surface area contributed by atoms with E-state index in [1.807, 2.05) is 35.2 Å². The van der Waals surface area contributed by atoms with Crippen molar-refractivity contribution in [2.24, 2.45) is 5.92 Å². The van der Waals surface area contributed by atoms with E-state index in [-0.39, 0.29) is 11.9 Å². The third-order valence-electron chi connectivity index (χ3n) is 4.81. The minimum Gasteiger partial charge on any atom is -0.465 e. The molecule has 2 aromatic rings. The van der Waals surface area contributed by atoms with Crippen molar-refractivity contribution < 1.29 is 14.3 Å². The first-order chi connectivity index (χ1) is 12.1. The summed E-state index contributed by atoms with van der Waals surface area (Å²) in [7, 11) is 1.35. The molecule has 1 aliphatic carbocycles. The maximum absolute atomic E-state index is 13.1. The van der Waals surface area contributed by atoms with E-state index < -0.39 is 5.97 Å². The SMILES string of the molecule is COC(=O)c1ccc(C(=O)N(Cc2ccccc2)C(C)C2CC2)cc1. The molecule has 1 amide bonds. The normalized spacial score (nSPS) is 14.6. The van der Waals surface area contributed by atoms with Gasteiger partial charge in [-0.2, -0.15) is 0 Å². The fraction of sp³-hybridized carbons (Fsp3) is 0.333. The van der Waals surface area contributed by atoms with Crippen LogP contribution in [0.15, 0.2) is 54.6 Å². The second-order valence-electron chi connectivity index (χ2n) is 6.57. The molecule has 1 unspecified atom stereocenters. The van der Waals surface area contributed by atoms with Gasteiger partial charge in [-0.15, -0.1) is 0 Å². The largest absolute Gasteiger partial charge is 0.465 e. The molecule has 1 aliphatic rings. The monoisotopic (exact) mass is 337 g/mol. The molecule has 0 aliphatic heterocycles. The van der Waals surface area contributed by atoms with Crippen molar-refractivity contribution in [3.8, 4) is 0 Å². The number of carbonyl (C=O) groups excluding carboxylic acids is 2. The Morgan fingerprint density at radius 2 is 1.64 bits per heavy atom. The molecule has 0 heterocycles. The molecule has 0 bridgehead atoms. The first-order valence-corrected chi connectivity index (χ1v) is 8.63. The Morgan fingerprint density at radius 1 is 1.04 bits per heavy atom. The second-order valence-corrected chi connectivity index (χ2v) is 6.57. The van der Waals surface area contributed by atoms with Crippen LogP contribution in [0.1, 0.15) is 46.0 Å². The molecule has 1 saturated carbocycles. The summed E-state index contributed by atoms with van der Waals surface area (Å²) in [5, 5.41) is 0. The van der Waals surface area contributed by atoms with Gasteiger partial charge in [0.05, 0.1) is 12.7 Å². The molecular weight excluding hydrogens is 314 g/mol. The predicted molar refractivity (Wildman–Crippen MR) is 96.3 cm³/mol. The van der Waals surface area contributed by atoms with Gasteiger partial charge in [-0.25, -0.2) is 4.79 Å². The van der Waals surface area contributed by atoms with Gasteiger partial charge in [0.15, 0.2) is 0 Å². The van der Waals surface area contributed by atoms with E-state index in [0.717, 1.165) is 5.56 Å². The summed E-state index contributed by atoms with van der Waals surface area (Å²) >= 11 is 0. The number of methoxy groups -OCH3 is 1. The molecule has 25 heavy (non-hydrogen) atoms. The molecule has 0 N–H and O–H groups in total. The molecule has 0 radical (unpaired) electrons. The number of amides is 1. The molecule has 1 atom stereocenters. The van der Waals surface area contributed by atoms with E-state index in [1.165, 1.54) is 20.0 Å². The van der Waals surface area contributed by atoms with Gasteiger partial charge in [-0.05, 0) is 55.5 Å². The lowest BCUT2D eigenvalue weighted by atomic mass is 10.1. The third-order valence-corrected chi connectivity index (χ3v) is 4.81.